The summed E-state index contributed by atoms with van der Waals surface area (Å²) in [6.45, 7) is 7.47. The normalized spacial score (nSPS) is 15.2. The van der Waals surface area contributed by atoms with Crippen LogP contribution in [0.25, 0.3) is 10.8 Å². The molecule has 1 aromatic heterocycles. The standard InChI is InChI=1S/C18H21ClN2O3/c1-18(2,3)24-17(22)21-9-12(10-21)11-23-15-6-4-5-13-7-16(19)20-8-14(13)15/h4-8,12H,9-11H2,1-3H3. The summed E-state index contributed by atoms with van der Waals surface area (Å²) in [6.07, 6.45) is 1.46. The van der Waals surface area contributed by atoms with E-state index in [1.54, 1.807) is 11.1 Å². The lowest BCUT2D eigenvalue weighted by Crippen LogP contribution is -2.53. The molecule has 0 N–H and O–H groups in total. The van der Waals surface area contributed by atoms with Gasteiger partial charge in [0.05, 0.1) is 6.61 Å². The van der Waals surface area contributed by atoms with Crippen molar-refractivity contribution in [1.82, 2.24) is 9.88 Å². The fourth-order valence-corrected chi connectivity index (χ4v) is 2.77. The van der Waals surface area contributed by atoms with Crippen LogP contribution < -0.4 is 4.74 Å². The predicted molar refractivity (Wildman–Crippen MR) is 93.5 cm³/mol. The fourth-order valence-electron chi connectivity index (χ4n) is 2.60. The van der Waals surface area contributed by atoms with Gasteiger partial charge in [0.2, 0.25) is 0 Å². The first-order valence-corrected chi connectivity index (χ1v) is 8.34. The van der Waals surface area contributed by atoms with E-state index in [1.807, 2.05) is 45.0 Å². The third-order valence-electron chi connectivity index (χ3n) is 3.77. The lowest BCUT2D eigenvalue weighted by Gasteiger charge is -2.39. The predicted octanol–water partition coefficient (Wildman–Crippen LogP) is 4.13. The van der Waals surface area contributed by atoms with Crippen LogP contribution in [0.5, 0.6) is 5.75 Å². The second kappa shape index (κ2) is 6.48. The molecule has 0 saturated carbocycles. The van der Waals surface area contributed by atoms with Gasteiger partial charge in [0, 0.05) is 30.6 Å². The quantitative estimate of drug-likeness (QED) is 0.782. The zero-order valence-corrected chi connectivity index (χ0v) is 14.8. The monoisotopic (exact) mass is 348 g/mol. The van der Waals surface area contributed by atoms with Gasteiger partial charge in [-0.3, -0.25) is 0 Å². The Hall–Kier alpha value is -2.01. The summed E-state index contributed by atoms with van der Waals surface area (Å²) in [5.41, 5.74) is -0.462. The Balaban J connectivity index is 1.54. The fraction of sp³-hybridized carbons (Fsp3) is 0.444. The van der Waals surface area contributed by atoms with Crippen LogP contribution in [0.2, 0.25) is 5.15 Å². The second-order valence-electron chi connectivity index (χ2n) is 7.05. The Kier molecular flexibility index (Phi) is 4.54. The van der Waals surface area contributed by atoms with Crippen molar-refractivity contribution < 1.29 is 14.3 Å². The lowest BCUT2D eigenvalue weighted by atomic mass is 10.0. The van der Waals surface area contributed by atoms with Gasteiger partial charge in [-0.15, -0.1) is 0 Å². The molecule has 3 rings (SSSR count). The molecule has 6 heteroatoms. The van der Waals surface area contributed by atoms with Gasteiger partial charge >= 0.3 is 6.09 Å². The molecule has 0 unspecified atom stereocenters. The molecule has 0 radical (unpaired) electrons. The molecule has 1 aromatic carbocycles. The van der Waals surface area contributed by atoms with Crippen molar-refractivity contribution in [3.63, 3.8) is 0 Å². The number of amides is 1. The van der Waals surface area contributed by atoms with Crippen LogP contribution in [0.4, 0.5) is 4.79 Å². The molecule has 24 heavy (non-hydrogen) atoms. The molecule has 2 aromatic rings. The van der Waals surface area contributed by atoms with Gasteiger partial charge in [0.25, 0.3) is 0 Å². The number of carbonyl (C=O) groups is 1. The number of ether oxygens (including phenoxy) is 2. The van der Waals surface area contributed by atoms with E-state index in [9.17, 15) is 4.79 Å². The zero-order valence-electron chi connectivity index (χ0n) is 14.1. The summed E-state index contributed by atoms with van der Waals surface area (Å²) in [5, 5.41) is 2.40. The average molecular weight is 349 g/mol. The first-order valence-electron chi connectivity index (χ1n) is 7.97. The molecule has 1 aliphatic rings. The van der Waals surface area contributed by atoms with Crippen LogP contribution in [0.1, 0.15) is 20.8 Å². The van der Waals surface area contributed by atoms with E-state index >= 15 is 0 Å². The molecule has 0 spiro atoms. The maximum atomic E-state index is 11.9. The van der Waals surface area contributed by atoms with E-state index in [2.05, 4.69) is 4.98 Å². The Morgan fingerprint density at radius 3 is 2.83 bits per heavy atom. The highest BCUT2D eigenvalue weighted by molar-refractivity contribution is 6.30. The molecular formula is C18H21ClN2O3. The number of benzene rings is 1. The van der Waals surface area contributed by atoms with Crippen molar-refractivity contribution in [1.29, 1.82) is 0 Å². The van der Waals surface area contributed by atoms with Crippen molar-refractivity contribution in [2.24, 2.45) is 5.92 Å². The number of halogens is 1. The van der Waals surface area contributed by atoms with E-state index < -0.39 is 5.60 Å². The Labute approximate surface area is 146 Å². The van der Waals surface area contributed by atoms with Gasteiger partial charge in [-0.05, 0) is 38.3 Å². The summed E-state index contributed by atoms with van der Waals surface area (Å²) >= 11 is 5.92. The molecule has 1 fully saturated rings. The minimum atomic E-state index is -0.462. The number of fused-ring (bicyclic) bond motifs is 1. The Morgan fingerprint density at radius 1 is 1.38 bits per heavy atom. The topological polar surface area (TPSA) is 51.7 Å². The van der Waals surface area contributed by atoms with Crippen molar-refractivity contribution >= 4 is 28.5 Å². The van der Waals surface area contributed by atoms with E-state index in [1.165, 1.54) is 0 Å². The van der Waals surface area contributed by atoms with Crippen LogP contribution in [0.3, 0.4) is 0 Å². The summed E-state index contributed by atoms with van der Waals surface area (Å²) in [4.78, 5) is 17.7. The molecule has 5 nitrogen and oxygen atoms in total. The number of nitrogens with zero attached hydrogens (tertiary/aromatic N) is 2. The van der Waals surface area contributed by atoms with Gasteiger partial charge < -0.3 is 14.4 Å². The molecule has 0 bridgehead atoms. The molecule has 0 atom stereocenters. The molecule has 1 amide bonds. The van der Waals surface area contributed by atoms with Crippen molar-refractivity contribution in [2.45, 2.75) is 26.4 Å². The minimum Gasteiger partial charge on any atom is -0.492 e. The van der Waals surface area contributed by atoms with E-state index in [4.69, 9.17) is 21.1 Å². The number of aromatic nitrogens is 1. The van der Waals surface area contributed by atoms with Crippen LogP contribution >= 0.6 is 11.6 Å². The van der Waals surface area contributed by atoms with Crippen LogP contribution in [-0.4, -0.2) is 41.3 Å². The second-order valence-corrected chi connectivity index (χ2v) is 7.43. The minimum absolute atomic E-state index is 0.261. The molecule has 1 saturated heterocycles. The first kappa shape index (κ1) is 16.8. The third-order valence-corrected chi connectivity index (χ3v) is 3.98. The molecule has 0 aliphatic carbocycles. The molecule has 2 heterocycles. The van der Waals surface area contributed by atoms with E-state index in [0.29, 0.717) is 30.8 Å². The highest BCUT2D eigenvalue weighted by Gasteiger charge is 2.34. The van der Waals surface area contributed by atoms with Gasteiger partial charge in [0.1, 0.15) is 16.5 Å². The van der Waals surface area contributed by atoms with Gasteiger partial charge in [-0.1, -0.05) is 23.7 Å². The van der Waals surface area contributed by atoms with Gasteiger partial charge in [-0.25, -0.2) is 9.78 Å². The van der Waals surface area contributed by atoms with Crippen LogP contribution in [0.15, 0.2) is 30.5 Å². The van der Waals surface area contributed by atoms with Crippen LogP contribution in [0, 0.1) is 5.92 Å². The van der Waals surface area contributed by atoms with Crippen molar-refractivity contribution in [3.05, 3.63) is 35.6 Å². The van der Waals surface area contributed by atoms with Crippen LogP contribution in [-0.2, 0) is 4.74 Å². The highest BCUT2D eigenvalue weighted by Crippen LogP contribution is 2.28. The SMILES string of the molecule is CC(C)(C)OC(=O)N1CC(COc2cccc3cc(Cl)ncc23)C1. The summed E-state index contributed by atoms with van der Waals surface area (Å²) in [6, 6.07) is 7.64. The molecular weight excluding hydrogens is 328 g/mol. The Bertz CT molecular complexity index is 752. The van der Waals surface area contributed by atoms with Crippen molar-refractivity contribution in [2.75, 3.05) is 19.7 Å². The number of hydrogen-bond donors (Lipinski definition) is 0. The van der Waals surface area contributed by atoms with Gasteiger partial charge in [-0.2, -0.15) is 0 Å². The first-order chi connectivity index (χ1) is 11.3. The molecule has 1 aliphatic heterocycles. The summed E-state index contributed by atoms with van der Waals surface area (Å²) in [5.74, 6) is 1.10. The number of carbonyl (C=O) groups excluding carboxylic acids is 1. The third kappa shape index (κ3) is 3.90. The average Bonchev–Trinajstić information content (AvgIpc) is 2.43. The number of pyridine rings is 1. The van der Waals surface area contributed by atoms with Gasteiger partial charge in [0.15, 0.2) is 0 Å². The van der Waals surface area contributed by atoms with Crippen molar-refractivity contribution in [3.8, 4) is 5.75 Å². The Morgan fingerprint density at radius 2 is 2.12 bits per heavy atom. The maximum absolute atomic E-state index is 11.9. The summed E-state index contributed by atoms with van der Waals surface area (Å²) < 4.78 is 11.3. The van der Waals surface area contributed by atoms with E-state index in [-0.39, 0.29) is 6.09 Å². The van der Waals surface area contributed by atoms with E-state index in [0.717, 1.165) is 16.5 Å². The number of hydrogen-bond acceptors (Lipinski definition) is 4. The zero-order chi connectivity index (χ0) is 17.3. The number of rotatable bonds is 3. The largest absolute Gasteiger partial charge is 0.492 e. The maximum Gasteiger partial charge on any atom is 0.410 e. The smallest absolute Gasteiger partial charge is 0.410 e. The highest BCUT2D eigenvalue weighted by atomic mass is 35.5. The molecule has 128 valence electrons. The summed E-state index contributed by atoms with van der Waals surface area (Å²) in [7, 11) is 0. The lowest BCUT2D eigenvalue weighted by molar-refractivity contribution is -0.00772. The number of likely N-dealkylation sites (tertiary alicyclic amines) is 1.